The second kappa shape index (κ2) is 4.70. The summed E-state index contributed by atoms with van der Waals surface area (Å²) in [6.45, 7) is 3.58. The van der Waals surface area contributed by atoms with Gasteiger partial charge in [0.25, 0.3) is 0 Å². The first-order chi connectivity index (χ1) is 7.03. The van der Waals surface area contributed by atoms with Gasteiger partial charge in [0, 0.05) is 12.8 Å². The first-order valence-electron chi connectivity index (χ1n) is 4.85. The van der Waals surface area contributed by atoms with Crippen LogP contribution in [0.15, 0.2) is 22.8 Å². The minimum absolute atomic E-state index is 0.0608. The van der Waals surface area contributed by atoms with E-state index in [1.54, 1.807) is 26.2 Å². The van der Waals surface area contributed by atoms with E-state index in [-0.39, 0.29) is 5.91 Å². The Hall–Kier alpha value is -1.69. The van der Waals surface area contributed by atoms with Gasteiger partial charge in [-0.3, -0.25) is 4.79 Å². The monoisotopic (exact) mass is 205 g/mol. The van der Waals surface area contributed by atoms with Crippen molar-refractivity contribution in [2.45, 2.75) is 32.2 Å². The lowest BCUT2D eigenvalue weighted by atomic mass is 10.1. The fourth-order valence-electron chi connectivity index (χ4n) is 1.14. The maximum Gasteiger partial charge on any atom is 0.221 e. The SMILES string of the molecule is C#CC(C)(C)NC(=O)CCc1ccco1. The molecule has 0 radical (unpaired) electrons. The number of carbonyl (C=O) groups excluding carboxylic acids is 1. The highest BCUT2D eigenvalue weighted by atomic mass is 16.3. The van der Waals surface area contributed by atoms with Gasteiger partial charge in [0.1, 0.15) is 5.76 Å². The molecule has 0 atom stereocenters. The number of aryl methyl sites for hydroxylation is 1. The average molecular weight is 205 g/mol. The van der Waals surface area contributed by atoms with Gasteiger partial charge in [0.05, 0.1) is 11.8 Å². The van der Waals surface area contributed by atoms with Gasteiger partial charge in [-0.2, -0.15) is 0 Å². The predicted octanol–water partition coefficient (Wildman–Crippen LogP) is 1.74. The van der Waals surface area contributed by atoms with E-state index in [1.807, 2.05) is 6.07 Å². The number of amides is 1. The summed E-state index contributed by atoms with van der Waals surface area (Å²) in [6.07, 6.45) is 7.84. The van der Waals surface area contributed by atoms with Crippen molar-refractivity contribution in [1.82, 2.24) is 5.32 Å². The van der Waals surface area contributed by atoms with Crippen LogP contribution < -0.4 is 5.32 Å². The number of terminal acetylenes is 1. The van der Waals surface area contributed by atoms with E-state index in [9.17, 15) is 4.79 Å². The zero-order valence-electron chi connectivity index (χ0n) is 9.04. The van der Waals surface area contributed by atoms with Crippen molar-refractivity contribution in [3.63, 3.8) is 0 Å². The molecule has 0 aliphatic heterocycles. The van der Waals surface area contributed by atoms with Gasteiger partial charge >= 0.3 is 0 Å². The molecule has 0 saturated carbocycles. The normalized spacial score (nSPS) is 10.7. The van der Waals surface area contributed by atoms with Crippen molar-refractivity contribution in [2.75, 3.05) is 0 Å². The number of hydrogen-bond acceptors (Lipinski definition) is 2. The van der Waals surface area contributed by atoms with Crippen LogP contribution in [0.5, 0.6) is 0 Å². The molecule has 1 aromatic rings. The van der Waals surface area contributed by atoms with Crippen LogP contribution in [-0.2, 0) is 11.2 Å². The van der Waals surface area contributed by atoms with Gasteiger partial charge in [-0.1, -0.05) is 5.92 Å². The smallest absolute Gasteiger partial charge is 0.221 e. The van der Waals surface area contributed by atoms with Crippen molar-refractivity contribution in [2.24, 2.45) is 0 Å². The lowest BCUT2D eigenvalue weighted by Gasteiger charge is -2.19. The van der Waals surface area contributed by atoms with Crippen LogP contribution in [-0.4, -0.2) is 11.4 Å². The summed E-state index contributed by atoms with van der Waals surface area (Å²) in [6, 6.07) is 3.65. The number of nitrogens with one attached hydrogen (secondary N) is 1. The third kappa shape index (κ3) is 3.90. The van der Waals surface area contributed by atoms with Crippen LogP contribution in [0.2, 0.25) is 0 Å². The highest BCUT2D eigenvalue weighted by molar-refractivity contribution is 5.77. The first-order valence-corrected chi connectivity index (χ1v) is 4.85. The molecule has 0 aromatic carbocycles. The molecule has 3 heteroatoms. The van der Waals surface area contributed by atoms with E-state index in [0.29, 0.717) is 12.8 Å². The quantitative estimate of drug-likeness (QED) is 0.761. The molecule has 0 fully saturated rings. The second-order valence-corrected chi connectivity index (χ2v) is 3.90. The molecule has 15 heavy (non-hydrogen) atoms. The van der Waals surface area contributed by atoms with Crippen LogP contribution in [0.25, 0.3) is 0 Å². The molecular formula is C12H15NO2. The maximum absolute atomic E-state index is 11.5. The third-order valence-electron chi connectivity index (χ3n) is 1.99. The maximum atomic E-state index is 11.5. The Morgan fingerprint density at radius 1 is 1.67 bits per heavy atom. The van der Waals surface area contributed by atoms with E-state index in [2.05, 4.69) is 11.2 Å². The summed E-state index contributed by atoms with van der Waals surface area (Å²) in [5.74, 6) is 3.26. The molecule has 0 unspecified atom stereocenters. The van der Waals surface area contributed by atoms with Crippen molar-refractivity contribution in [3.8, 4) is 12.3 Å². The highest BCUT2D eigenvalue weighted by Crippen LogP contribution is 2.05. The van der Waals surface area contributed by atoms with Gasteiger partial charge in [-0.05, 0) is 26.0 Å². The zero-order chi connectivity index (χ0) is 11.3. The summed E-state index contributed by atoms with van der Waals surface area (Å²) >= 11 is 0. The fraction of sp³-hybridized carbons (Fsp3) is 0.417. The van der Waals surface area contributed by atoms with Crippen molar-refractivity contribution in [1.29, 1.82) is 0 Å². The molecule has 1 rings (SSSR count). The van der Waals surface area contributed by atoms with Crippen molar-refractivity contribution < 1.29 is 9.21 Å². The first kappa shape index (κ1) is 11.4. The Morgan fingerprint density at radius 2 is 2.40 bits per heavy atom. The summed E-state index contributed by atoms with van der Waals surface area (Å²) in [7, 11) is 0. The van der Waals surface area contributed by atoms with Crippen LogP contribution in [0, 0.1) is 12.3 Å². The molecule has 0 spiro atoms. The molecular weight excluding hydrogens is 190 g/mol. The lowest BCUT2D eigenvalue weighted by Crippen LogP contribution is -2.42. The fourth-order valence-corrected chi connectivity index (χ4v) is 1.14. The van der Waals surface area contributed by atoms with Crippen LogP contribution >= 0.6 is 0 Å². The lowest BCUT2D eigenvalue weighted by molar-refractivity contribution is -0.122. The van der Waals surface area contributed by atoms with Crippen molar-refractivity contribution in [3.05, 3.63) is 24.2 Å². The van der Waals surface area contributed by atoms with Crippen LogP contribution in [0.4, 0.5) is 0 Å². The predicted molar refractivity (Wildman–Crippen MR) is 58.1 cm³/mol. The van der Waals surface area contributed by atoms with Gasteiger partial charge in [-0.25, -0.2) is 0 Å². The third-order valence-corrected chi connectivity index (χ3v) is 1.99. The van der Waals surface area contributed by atoms with Gasteiger partial charge in [-0.15, -0.1) is 6.42 Å². The molecule has 0 bridgehead atoms. The van der Waals surface area contributed by atoms with E-state index >= 15 is 0 Å². The molecule has 0 aliphatic rings. The molecule has 80 valence electrons. The summed E-state index contributed by atoms with van der Waals surface area (Å²) in [5.41, 5.74) is -0.583. The largest absolute Gasteiger partial charge is 0.469 e. The number of carbonyl (C=O) groups is 1. The minimum Gasteiger partial charge on any atom is -0.469 e. The standard InChI is InChI=1S/C12H15NO2/c1-4-12(2,3)13-11(14)8-7-10-6-5-9-15-10/h1,5-6,9H,7-8H2,2-3H3,(H,13,14). The summed E-state index contributed by atoms with van der Waals surface area (Å²) in [4.78, 5) is 11.5. The number of rotatable bonds is 4. The number of furan rings is 1. The Morgan fingerprint density at radius 3 is 2.93 bits per heavy atom. The van der Waals surface area contributed by atoms with E-state index in [0.717, 1.165) is 5.76 Å². The van der Waals surface area contributed by atoms with E-state index in [4.69, 9.17) is 10.8 Å². The molecule has 1 aromatic heterocycles. The number of hydrogen-bond donors (Lipinski definition) is 1. The van der Waals surface area contributed by atoms with Gasteiger partial charge in [0.2, 0.25) is 5.91 Å². The van der Waals surface area contributed by atoms with Gasteiger partial charge < -0.3 is 9.73 Å². The Labute approximate surface area is 89.9 Å². The van der Waals surface area contributed by atoms with E-state index < -0.39 is 5.54 Å². The summed E-state index contributed by atoms with van der Waals surface area (Å²) < 4.78 is 5.12. The van der Waals surface area contributed by atoms with Gasteiger partial charge in [0.15, 0.2) is 0 Å². The molecule has 3 nitrogen and oxygen atoms in total. The van der Waals surface area contributed by atoms with Crippen LogP contribution in [0.3, 0.4) is 0 Å². The molecule has 0 saturated heterocycles. The summed E-state index contributed by atoms with van der Waals surface area (Å²) in [5, 5.41) is 2.75. The van der Waals surface area contributed by atoms with Crippen molar-refractivity contribution >= 4 is 5.91 Å². The molecule has 0 aliphatic carbocycles. The van der Waals surface area contributed by atoms with E-state index in [1.165, 1.54) is 0 Å². The Bertz CT molecular complexity index is 357. The second-order valence-electron chi connectivity index (χ2n) is 3.90. The minimum atomic E-state index is -0.583. The topological polar surface area (TPSA) is 42.2 Å². The zero-order valence-corrected chi connectivity index (χ0v) is 9.04. The molecule has 1 amide bonds. The Kier molecular flexibility index (Phi) is 3.56. The molecule has 1 heterocycles. The average Bonchev–Trinajstić information content (AvgIpc) is 2.66. The Balaban J connectivity index is 2.35. The highest BCUT2D eigenvalue weighted by Gasteiger charge is 2.16. The molecule has 1 N–H and O–H groups in total. The van der Waals surface area contributed by atoms with Crippen LogP contribution in [0.1, 0.15) is 26.0 Å².